The highest BCUT2D eigenvalue weighted by atomic mass is 16.2. The van der Waals surface area contributed by atoms with Crippen molar-refractivity contribution in [1.82, 2.24) is 9.80 Å². The number of nitrogens with zero attached hydrogens (tertiary/aromatic N) is 2. The third kappa shape index (κ3) is 2.22. The summed E-state index contributed by atoms with van der Waals surface area (Å²) in [6.45, 7) is 2.17. The maximum Gasteiger partial charge on any atom is 0.253 e. The average Bonchev–Trinajstić information content (AvgIpc) is 2.79. The monoisotopic (exact) mass is 248 g/mol. The van der Waals surface area contributed by atoms with Crippen LogP contribution in [0, 0.1) is 5.92 Å². The van der Waals surface area contributed by atoms with Crippen molar-refractivity contribution in [3.05, 3.63) is 24.3 Å². The lowest BCUT2D eigenvalue weighted by atomic mass is 10.1. The van der Waals surface area contributed by atoms with Crippen LogP contribution < -0.4 is 0 Å². The molecule has 0 fully saturated rings. The predicted octanol–water partition coefficient (Wildman–Crippen LogP) is -0.527. The molecule has 94 valence electrons. The Hall–Kier alpha value is -2.24. The van der Waals surface area contributed by atoms with Crippen LogP contribution in [0.4, 0.5) is 0 Å². The van der Waals surface area contributed by atoms with Crippen molar-refractivity contribution in [2.24, 2.45) is 5.92 Å². The lowest BCUT2D eigenvalue weighted by Crippen LogP contribution is -2.40. The fourth-order valence-corrected chi connectivity index (χ4v) is 1.90. The van der Waals surface area contributed by atoms with Crippen LogP contribution >= 0.6 is 0 Å². The Labute approximate surface area is 104 Å². The Bertz CT molecular complexity index is 412. The molecule has 0 aromatic heterocycles. The molecule has 0 aliphatic carbocycles. The zero-order valence-electron chi connectivity index (χ0n) is 9.83. The summed E-state index contributed by atoms with van der Waals surface area (Å²) in [7, 11) is 0. The third-order valence-corrected chi connectivity index (χ3v) is 2.79. The maximum atomic E-state index is 11.3. The molecule has 6 heteroatoms. The van der Waals surface area contributed by atoms with Crippen molar-refractivity contribution in [2.75, 3.05) is 13.1 Å². The Balaban J connectivity index is 1.92. The fourth-order valence-electron chi connectivity index (χ4n) is 1.90. The molecule has 0 unspecified atom stereocenters. The van der Waals surface area contributed by atoms with Crippen molar-refractivity contribution in [2.45, 2.75) is 6.92 Å². The molecule has 0 N–H and O–H groups in total. The quantitative estimate of drug-likeness (QED) is 0.627. The van der Waals surface area contributed by atoms with Gasteiger partial charge in [-0.05, 0) is 5.92 Å². The van der Waals surface area contributed by atoms with Crippen molar-refractivity contribution in [3.8, 4) is 0 Å². The van der Waals surface area contributed by atoms with E-state index in [2.05, 4.69) is 0 Å². The average molecular weight is 248 g/mol. The topological polar surface area (TPSA) is 74.8 Å². The molecule has 2 heterocycles. The second kappa shape index (κ2) is 4.56. The van der Waals surface area contributed by atoms with Crippen LogP contribution in [0.5, 0.6) is 0 Å². The van der Waals surface area contributed by atoms with E-state index < -0.39 is 0 Å². The molecule has 0 atom stereocenters. The summed E-state index contributed by atoms with van der Waals surface area (Å²) in [5.41, 5.74) is 0. The van der Waals surface area contributed by atoms with Gasteiger partial charge in [-0.1, -0.05) is 6.92 Å². The highest BCUT2D eigenvalue weighted by Gasteiger charge is 2.29. The molecule has 0 aromatic carbocycles. The lowest BCUT2D eigenvalue weighted by Gasteiger charge is -2.23. The van der Waals surface area contributed by atoms with Crippen molar-refractivity contribution in [1.29, 1.82) is 0 Å². The minimum atomic E-state index is -0.357. The van der Waals surface area contributed by atoms with E-state index in [1.54, 1.807) is 6.92 Å². The normalized spacial score (nSPS) is 19.0. The third-order valence-electron chi connectivity index (χ3n) is 2.79. The van der Waals surface area contributed by atoms with Gasteiger partial charge in [0.25, 0.3) is 23.6 Å². The van der Waals surface area contributed by atoms with Crippen LogP contribution in [0.15, 0.2) is 24.3 Å². The van der Waals surface area contributed by atoms with E-state index in [4.69, 9.17) is 0 Å². The lowest BCUT2D eigenvalue weighted by molar-refractivity contribution is -0.138. The van der Waals surface area contributed by atoms with Gasteiger partial charge < -0.3 is 0 Å². The fraction of sp³-hybridized carbons (Fsp3) is 0.333. The first-order valence-electron chi connectivity index (χ1n) is 5.56. The Morgan fingerprint density at radius 1 is 0.778 bits per heavy atom. The van der Waals surface area contributed by atoms with E-state index in [1.807, 2.05) is 0 Å². The van der Waals surface area contributed by atoms with Crippen molar-refractivity contribution in [3.63, 3.8) is 0 Å². The summed E-state index contributed by atoms with van der Waals surface area (Å²) in [5.74, 6) is -1.59. The largest absolute Gasteiger partial charge is 0.275 e. The molecule has 6 nitrogen and oxygen atoms in total. The van der Waals surface area contributed by atoms with Crippen LogP contribution in [0.3, 0.4) is 0 Å². The van der Waals surface area contributed by atoms with Crippen molar-refractivity contribution < 1.29 is 19.2 Å². The van der Waals surface area contributed by atoms with Crippen LogP contribution in [0.25, 0.3) is 0 Å². The van der Waals surface area contributed by atoms with Gasteiger partial charge in [-0.25, -0.2) is 0 Å². The van der Waals surface area contributed by atoms with Gasteiger partial charge in [-0.3, -0.25) is 29.0 Å². The van der Waals surface area contributed by atoms with Crippen LogP contribution in [-0.4, -0.2) is 46.5 Å². The van der Waals surface area contributed by atoms with Crippen molar-refractivity contribution >= 4 is 23.6 Å². The molecule has 2 aliphatic heterocycles. The number of carbonyl (C=O) groups excluding carboxylic acids is 4. The van der Waals surface area contributed by atoms with Gasteiger partial charge in [-0.15, -0.1) is 0 Å². The molecular weight excluding hydrogens is 236 g/mol. The minimum absolute atomic E-state index is 0.161. The molecule has 2 rings (SSSR count). The van der Waals surface area contributed by atoms with Crippen LogP contribution in [-0.2, 0) is 19.2 Å². The summed E-state index contributed by atoms with van der Waals surface area (Å²) in [5, 5.41) is 0. The molecule has 0 bridgehead atoms. The second-order valence-electron chi connectivity index (χ2n) is 4.35. The first-order valence-corrected chi connectivity index (χ1v) is 5.56. The van der Waals surface area contributed by atoms with E-state index in [0.717, 1.165) is 9.80 Å². The number of imide groups is 2. The number of amides is 4. The molecule has 0 saturated carbocycles. The van der Waals surface area contributed by atoms with Gasteiger partial charge >= 0.3 is 0 Å². The van der Waals surface area contributed by atoms with Crippen LogP contribution in [0.2, 0.25) is 0 Å². The van der Waals surface area contributed by atoms with E-state index in [1.165, 1.54) is 24.3 Å². The van der Waals surface area contributed by atoms with E-state index in [0.29, 0.717) is 0 Å². The highest BCUT2D eigenvalue weighted by Crippen LogP contribution is 2.12. The van der Waals surface area contributed by atoms with E-state index >= 15 is 0 Å². The van der Waals surface area contributed by atoms with Gasteiger partial charge in [0.1, 0.15) is 0 Å². The van der Waals surface area contributed by atoms with Gasteiger partial charge in [0.05, 0.1) is 0 Å². The molecule has 0 saturated heterocycles. The van der Waals surface area contributed by atoms with E-state index in [-0.39, 0.29) is 42.6 Å². The van der Waals surface area contributed by atoms with Gasteiger partial charge in [0.2, 0.25) is 0 Å². The summed E-state index contributed by atoms with van der Waals surface area (Å²) in [6, 6.07) is 0. The summed E-state index contributed by atoms with van der Waals surface area (Å²) < 4.78 is 0. The minimum Gasteiger partial charge on any atom is -0.275 e. The van der Waals surface area contributed by atoms with Gasteiger partial charge in [0, 0.05) is 37.4 Å². The molecule has 4 amide bonds. The maximum absolute atomic E-state index is 11.3. The Morgan fingerprint density at radius 3 is 1.33 bits per heavy atom. The summed E-state index contributed by atoms with van der Waals surface area (Å²) >= 11 is 0. The Morgan fingerprint density at radius 2 is 1.06 bits per heavy atom. The molecule has 0 aromatic rings. The Kier molecular flexibility index (Phi) is 3.10. The number of rotatable bonds is 4. The number of carbonyl (C=O) groups is 4. The summed E-state index contributed by atoms with van der Waals surface area (Å²) in [4.78, 5) is 47.6. The van der Waals surface area contributed by atoms with E-state index in [9.17, 15) is 19.2 Å². The number of hydrogen-bond donors (Lipinski definition) is 0. The summed E-state index contributed by atoms with van der Waals surface area (Å²) in [6.07, 6.45) is 4.84. The molecule has 0 radical (unpaired) electrons. The highest BCUT2D eigenvalue weighted by molar-refractivity contribution is 6.13. The molecule has 2 aliphatic rings. The van der Waals surface area contributed by atoms with Crippen LogP contribution in [0.1, 0.15) is 6.92 Å². The number of hydrogen-bond acceptors (Lipinski definition) is 4. The van der Waals surface area contributed by atoms with Gasteiger partial charge in [0.15, 0.2) is 0 Å². The SMILES string of the molecule is CC(CN1C(=O)C=CC1=O)CN1C(=O)C=CC1=O. The first-order chi connectivity index (χ1) is 8.49. The molecule has 0 spiro atoms. The predicted molar refractivity (Wildman–Crippen MR) is 60.9 cm³/mol. The first kappa shape index (κ1) is 12.2. The molecule has 18 heavy (non-hydrogen) atoms. The molecular formula is C12H12N2O4. The zero-order chi connectivity index (χ0) is 13.3. The van der Waals surface area contributed by atoms with Gasteiger partial charge in [-0.2, -0.15) is 0 Å². The second-order valence-corrected chi connectivity index (χ2v) is 4.35. The smallest absolute Gasteiger partial charge is 0.253 e. The zero-order valence-corrected chi connectivity index (χ0v) is 9.83. The standard InChI is InChI=1S/C12H12N2O4/c1-8(6-13-9(15)2-3-10(13)16)7-14-11(17)4-5-12(14)18/h2-5,8H,6-7H2,1H3.